The Kier molecular flexibility index (Phi) is 3.37. The van der Waals surface area contributed by atoms with Gasteiger partial charge in [-0.05, 0) is 5.56 Å². The smallest absolute Gasteiger partial charge is 0.411 e. The van der Waals surface area contributed by atoms with Crippen LogP contribution in [0.5, 0.6) is 0 Å². The second-order valence-electron chi connectivity index (χ2n) is 4.17. The Bertz CT molecular complexity index is 492. The highest BCUT2D eigenvalue weighted by Crippen LogP contribution is 2.35. The molecule has 1 unspecified atom stereocenters. The van der Waals surface area contributed by atoms with E-state index < -0.39 is 30.6 Å². The topological polar surface area (TPSA) is 66.8 Å². The quantitative estimate of drug-likeness (QED) is 0.909. The summed E-state index contributed by atoms with van der Waals surface area (Å²) in [6.45, 7) is -1.02. The summed E-state index contributed by atoms with van der Waals surface area (Å²) in [5.74, 6) is -5.15. The number of halogens is 2. The molecule has 0 saturated carbocycles. The van der Waals surface area contributed by atoms with Gasteiger partial charge in [-0.2, -0.15) is 0 Å². The largest absolute Gasteiger partial charge is 0.480 e. The van der Waals surface area contributed by atoms with Crippen LogP contribution in [0.25, 0.3) is 0 Å². The fraction of sp³-hybridized carbons (Fsp3) is 0.333. The lowest BCUT2D eigenvalue weighted by molar-refractivity contribution is -0.194. The van der Waals surface area contributed by atoms with Gasteiger partial charge in [-0.25, -0.2) is 18.4 Å². The Balaban J connectivity index is 1.93. The van der Waals surface area contributed by atoms with Gasteiger partial charge in [-0.15, -0.1) is 0 Å². The number of carboxylic acids is 1. The number of amides is 1. The molecule has 1 fully saturated rings. The number of nitrogens with zero attached hydrogens (tertiary/aromatic N) is 1. The van der Waals surface area contributed by atoms with Gasteiger partial charge in [0, 0.05) is 0 Å². The maximum absolute atomic E-state index is 13.0. The number of hydrogen-bond donors (Lipinski definition) is 1. The predicted molar refractivity (Wildman–Crippen MR) is 59.7 cm³/mol. The minimum atomic E-state index is -3.41. The maximum Gasteiger partial charge on any atom is 0.411 e. The molecule has 1 saturated heterocycles. The third-order valence-electron chi connectivity index (χ3n) is 2.77. The van der Waals surface area contributed by atoms with E-state index in [1.807, 2.05) is 0 Å². The summed E-state index contributed by atoms with van der Waals surface area (Å²) in [5, 5.41) is 8.64. The van der Waals surface area contributed by atoms with Gasteiger partial charge in [0.1, 0.15) is 6.61 Å². The van der Waals surface area contributed by atoms with E-state index in [2.05, 4.69) is 0 Å². The first-order valence-corrected chi connectivity index (χ1v) is 5.50. The van der Waals surface area contributed by atoms with Crippen LogP contribution in [0.4, 0.5) is 13.6 Å². The van der Waals surface area contributed by atoms with Crippen molar-refractivity contribution < 1.29 is 28.2 Å². The molecule has 1 N–H and O–H groups in total. The summed E-state index contributed by atoms with van der Waals surface area (Å²) >= 11 is 0. The van der Waals surface area contributed by atoms with E-state index in [0.717, 1.165) is 0 Å². The molecule has 0 bridgehead atoms. The average Bonchev–Trinajstić information content (AvgIpc) is 2.34. The lowest BCUT2D eigenvalue weighted by atomic mass is 9.99. The third kappa shape index (κ3) is 2.64. The summed E-state index contributed by atoms with van der Waals surface area (Å²) in [6, 6.07) is 6.51. The SMILES string of the molecule is O=C(O)C1N(C(=O)OCc2ccccc2)CC1(F)F. The van der Waals surface area contributed by atoms with Crippen molar-refractivity contribution in [3.63, 3.8) is 0 Å². The van der Waals surface area contributed by atoms with Gasteiger partial charge in [-0.1, -0.05) is 30.3 Å². The molecule has 5 nitrogen and oxygen atoms in total. The number of benzene rings is 1. The molecular weight excluding hydrogens is 260 g/mol. The first-order valence-electron chi connectivity index (χ1n) is 5.50. The normalized spacial score (nSPS) is 20.5. The zero-order valence-corrected chi connectivity index (χ0v) is 9.75. The number of ether oxygens (including phenoxy) is 1. The Morgan fingerprint density at radius 2 is 2.00 bits per heavy atom. The number of carbonyl (C=O) groups is 2. The summed E-state index contributed by atoms with van der Waals surface area (Å²) in [4.78, 5) is 22.7. The second-order valence-corrected chi connectivity index (χ2v) is 4.17. The molecule has 7 heteroatoms. The molecule has 2 rings (SSSR count). The van der Waals surface area contributed by atoms with Crippen molar-refractivity contribution in [2.24, 2.45) is 0 Å². The zero-order chi connectivity index (χ0) is 14.0. The number of hydrogen-bond acceptors (Lipinski definition) is 3. The summed E-state index contributed by atoms with van der Waals surface area (Å²) < 4.78 is 30.8. The van der Waals surface area contributed by atoms with Gasteiger partial charge in [0.2, 0.25) is 0 Å². The van der Waals surface area contributed by atoms with Crippen LogP contribution in [0.2, 0.25) is 0 Å². The van der Waals surface area contributed by atoms with Crippen LogP contribution >= 0.6 is 0 Å². The highest BCUT2D eigenvalue weighted by molar-refractivity contribution is 5.83. The molecule has 0 spiro atoms. The second kappa shape index (κ2) is 4.83. The maximum atomic E-state index is 13.0. The van der Waals surface area contributed by atoms with Crippen LogP contribution in [0, 0.1) is 0 Å². The molecule has 1 amide bonds. The van der Waals surface area contributed by atoms with E-state index in [1.165, 1.54) is 0 Å². The average molecular weight is 271 g/mol. The summed E-state index contributed by atoms with van der Waals surface area (Å²) in [7, 11) is 0. The Morgan fingerprint density at radius 3 is 2.53 bits per heavy atom. The summed E-state index contributed by atoms with van der Waals surface area (Å²) in [5.41, 5.74) is 0.690. The van der Waals surface area contributed by atoms with Crippen molar-refractivity contribution in [3.05, 3.63) is 35.9 Å². The monoisotopic (exact) mass is 271 g/mol. The first-order chi connectivity index (χ1) is 8.92. The fourth-order valence-corrected chi connectivity index (χ4v) is 1.81. The van der Waals surface area contributed by atoms with Gasteiger partial charge in [0.05, 0.1) is 6.54 Å². The number of carbonyl (C=O) groups excluding carboxylic acids is 1. The standard InChI is InChI=1S/C12H11F2NO4/c13-12(14)7-15(9(12)10(16)17)11(18)19-6-8-4-2-1-3-5-8/h1-5,9H,6-7H2,(H,16,17). The predicted octanol–water partition coefficient (Wildman–Crippen LogP) is 1.73. The fourth-order valence-electron chi connectivity index (χ4n) is 1.81. The van der Waals surface area contributed by atoms with Gasteiger partial charge in [0.25, 0.3) is 5.92 Å². The molecule has 0 aliphatic carbocycles. The van der Waals surface area contributed by atoms with E-state index in [0.29, 0.717) is 10.5 Å². The molecule has 102 valence electrons. The van der Waals surface area contributed by atoms with Crippen molar-refractivity contribution in [1.29, 1.82) is 0 Å². The van der Waals surface area contributed by atoms with E-state index in [9.17, 15) is 18.4 Å². The lowest BCUT2D eigenvalue weighted by Gasteiger charge is -2.43. The van der Waals surface area contributed by atoms with Gasteiger partial charge in [-0.3, -0.25) is 4.90 Å². The van der Waals surface area contributed by atoms with Gasteiger partial charge < -0.3 is 9.84 Å². The highest BCUT2D eigenvalue weighted by atomic mass is 19.3. The van der Waals surface area contributed by atoms with Gasteiger partial charge in [0.15, 0.2) is 6.04 Å². The minimum absolute atomic E-state index is 0.0892. The molecule has 19 heavy (non-hydrogen) atoms. The Labute approximate surface area is 107 Å². The number of likely N-dealkylation sites (tertiary alicyclic amines) is 1. The van der Waals surface area contributed by atoms with Crippen LogP contribution < -0.4 is 0 Å². The molecule has 1 aliphatic heterocycles. The van der Waals surface area contributed by atoms with Gasteiger partial charge >= 0.3 is 12.1 Å². The number of carboxylic acid groups (broad SMARTS) is 1. The van der Waals surface area contributed by atoms with Crippen LogP contribution in [-0.4, -0.2) is 40.6 Å². The van der Waals surface area contributed by atoms with E-state index in [-0.39, 0.29) is 6.61 Å². The van der Waals surface area contributed by atoms with E-state index in [1.54, 1.807) is 30.3 Å². The Morgan fingerprint density at radius 1 is 1.37 bits per heavy atom. The van der Waals surface area contributed by atoms with Crippen LogP contribution in [0.1, 0.15) is 5.56 Å². The van der Waals surface area contributed by atoms with Crippen molar-refractivity contribution in [3.8, 4) is 0 Å². The van der Waals surface area contributed by atoms with Crippen LogP contribution in [0.15, 0.2) is 30.3 Å². The van der Waals surface area contributed by atoms with E-state index >= 15 is 0 Å². The molecule has 0 radical (unpaired) electrons. The molecule has 1 aromatic rings. The van der Waals surface area contributed by atoms with Crippen LogP contribution in [-0.2, 0) is 16.1 Å². The van der Waals surface area contributed by atoms with E-state index in [4.69, 9.17) is 9.84 Å². The molecule has 1 aromatic carbocycles. The molecule has 1 aliphatic rings. The molecule has 1 heterocycles. The van der Waals surface area contributed by atoms with Crippen molar-refractivity contribution in [1.82, 2.24) is 4.90 Å². The molecule has 0 aromatic heterocycles. The molecule has 1 atom stereocenters. The van der Waals surface area contributed by atoms with Crippen molar-refractivity contribution in [2.45, 2.75) is 18.6 Å². The number of alkyl halides is 2. The minimum Gasteiger partial charge on any atom is -0.480 e. The lowest BCUT2D eigenvalue weighted by Crippen LogP contribution is -2.69. The Hall–Kier alpha value is -2.18. The molecular formula is C12H11F2NO4. The third-order valence-corrected chi connectivity index (χ3v) is 2.77. The number of aliphatic carboxylic acids is 1. The number of rotatable bonds is 3. The first kappa shape index (κ1) is 13.3. The van der Waals surface area contributed by atoms with Crippen molar-refractivity contribution >= 4 is 12.1 Å². The highest BCUT2D eigenvalue weighted by Gasteiger charge is 2.61. The summed E-state index contributed by atoms with van der Waals surface area (Å²) in [6.07, 6.45) is -1.05. The van der Waals surface area contributed by atoms with Crippen LogP contribution in [0.3, 0.4) is 0 Å². The van der Waals surface area contributed by atoms with Crippen molar-refractivity contribution in [2.75, 3.05) is 6.54 Å². The zero-order valence-electron chi connectivity index (χ0n) is 9.75.